The van der Waals surface area contributed by atoms with Gasteiger partial charge >= 0.3 is 5.97 Å². The van der Waals surface area contributed by atoms with Crippen LogP contribution in [0.1, 0.15) is 48.0 Å². The van der Waals surface area contributed by atoms with Crippen LogP contribution in [0, 0.1) is 0 Å². The van der Waals surface area contributed by atoms with Gasteiger partial charge in [-0.3, -0.25) is 4.79 Å². The van der Waals surface area contributed by atoms with Crippen molar-refractivity contribution in [2.24, 2.45) is 0 Å². The van der Waals surface area contributed by atoms with E-state index < -0.39 is 53.3 Å². The second-order valence-electron chi connectivity index (χ2n) is 7.90. The molecule has 0 aromatic rings. The molecule has 3 saturated heterocycles. The molecule has 3 heterocycles. The van der Waals surface area contributed by atoms with Gasteiger partial charge in [-0.05, 0) is 41.5 Å². The molecule has 0 bridgehead atoms. The lowest BCUT2D eigenvalue weighted by Crippen LogP contribution is -2.63. The highest BCUT2D eigenvalue weighted by Crippen LogP contribution is 2.44. The number of hydrogen-bond donors (Lipinski definition) is 0. The first-order valence-corrected chi connectivity index (χ1v) is 9.03. The van der Waals surface area contributed by atoms with E-state index in [4.69, 9.17) is 28.4 Å². The summed E-state index contributed by atoms with van der Waals surface area (Å²) in [5, 5.41) is 0. The fourth-order valence-corrected chi connectivity index (χ4v) is 3.84. The topological polar surface area (TPSA) is 89.5 Å². The van der Waals surface area contributed by atoms with Gasteiger partial charge in [0, 0.05) is 6.42 Å². The highest BCUT2D eigenvalue weighted by Gasteiger charge is 2.63. The molecule has 0 aromatic carbocycles. The molecule has 26 heavy (non-hydrogen) atoms. The largest absolute Gasteiger partial charge is 0.464 e. The van der Waals surface area contributed by atoms with Crippen LogP contribution in [0.5, 0.6) is 0 Å². The summed E-state index contributed by atoms with van der Waals surface area (Å²) in [7, 11) is 0. The van der Waals surface area contributed by atoms with Crippen molar-refractivity contribution in [1.29, 1.82) is 0 Å². The molecule has 3 aliphatic rings. The summed E-state index contributed by atoms with van der Waals surface area (Å²) in [6, 6.07) is 0. The quantitative estimate of drug-likeness (QED) is 0.539. The third kappa shape index (κ3) is 3.41. The zero-order valence-electron chi connectivity index (χ0n) is 16.2. The van der Waals surface area contributed by atoms with E-state index in [9.17, 15) is 9.59 Å². The minimum Gasteiger partial charge on any atom is -0.464 e. The highest BCUT2D eigenvalue weighted by atomic mass is 16.8. The van der Waals surface area contributed by atoms with E-state index in [1.54, 1.807) is 34.6 Å². The Bertz CT molecular complexity index is 586. The molecule has 0 aliphatic carbocycles. The van der Waals surface area contributed by atoms with Gasteiger partial charge in [0.2, 0.25) is 5.60 Å². The summed E-state index contributed by atoms with van der Waals surface area (Å²) >= 11 is 0. The first-order valence-electron chi connectivity index (χ1n) is 9.03. The van der Waals surface area contributed by atoms with Crippen molar-refractivity contribution in [3.63, 3.8) is 0 Å². The Balaban J connectivity index is 1.95. The SMILES string of the molecule is CCOC(=O)[C@]1(C(C)=O)C[C@H]2OC(C)(C)O[C@H]2[C@@H]([C@H]2COC(C)(C)O2)O1. The van der Waals surface area contributed by atoms with Crippen LogP contribution in [0.4, 0.5) is 0 Å². The van der Waals surface area contributed by atoms with Gasteiger partial charge in [-0.15, -0.1) is 0 Å². The summed E-state index contributed by atoms with van der Waals surface area (Å²) in [4.78, 5) is 25.1. The molecule has 0 radical (unpaired) electrons. The van der Waals surface area contributed by atoms with Crippen LogP contribution in [-0.2, 0) is 38.0 Å². The van der Waals surface area contributed by atoms with E-state index in [2.05, 4.69) is 0 Å². The summed E-state index contributed by atoms with van der Waals surface area (Å²) in [6.07, 6.45) is -2.13. The Morgan fingerprint density at radius 2 is 1.58 bits per heavy atom. The maximum atomic E-state index is 12.7. The third-order valence-electron chi connectivity index (χ3n) is 4.94. The van der Waals surface area contributed by atoms with Crippen molar-refractivity contribution < 1.29 is 38.0 Å². The van der Waals surface area contributed by atoms with Gasteiger partial charge in [0.25, 0.3) is 0 Å². The number of ether oxygens (including phenoxy) is 6. The summed E-state index contributed by atoms with van der Waals surface area (Å²) in [5.74, 6) is -2.76. The molecule has 8 heteroatoms. The van der Waals surface area contributed by atoms with E-state index in [-0.39, 0.29) is 19.6 Å². The van der Waals surface area contributed by atoms with Crippen molar-refractivity contribution in [3.05, 3.63) is 0 Å². The van der Waals surface area contributed by atoms with Crippen molar-refractivity contribution in [2.45, 2.75) is 89.6 Å². The van der Waals surface area contributed by atoms with Gasteiger partial charge in [0.15, 0.2) is 17.4 Å². The van der Waals surface area contributed by atoms with Crippen LogP contribution >= 0.6 is 0 Å². The van der Waals surface area contributed by atoms with Crippen molar-refractivity contribution in [1.82, 2.24) is 0 Å². The number of hydrogen-bond acceptors (Lipinski definition) is 8. The third-order valence-corrected chi connectivity index (χ3v) is 4.94. The molecule has 148 valence electrons. The monoisotopic (exact) mass is 372 g/mol. The van der Waals surface area contributed by atoms with E-state index in [1.807, 2.05) is 0 Å². The fourth-order valence-electron chi connectivity index (χ4n) is 3.84. The fraction of sp³-hybridized carbons (Fsp3) is 0.889. The van der Waals surface area contributed by atoms with Crippen LogP contribution in [0.25, 0.3) is 0 Å². The first-order chi connectivity index (χ1) is 12.0. The number of esters is 1. The summed E-state index contributed by atoms with van der Waals surface area (Å²) in [6.45, 7) is 10.6. The van der Waals surface area contributed by atoms with Crippen LogP contribution in [0.15, 0.2) is 0 Å². The molecule has 3 fully saturated rings. The van der Waals surface area contributed by atoms with Gasteiger partial charge < -0.3 is 28.4 Å². The van der Waals surface area contributed by atoms with E-state index in [0.717, 1.165) is 0 Å². The van der Waals surface area contributed by atoms with Crippen LogP contribution in [-0.4, -0.2) is 66.6 Å². The van der Waals surface area contributed by atoms with Crippen LogP contribution in [0.3, 0.4) is 0 Å². The van der Waals surface area contributed by atoms with Gasteiger partial charge in [-0.1, -0.05) is 0 Å². The number of fused-ring (bicyclic) bond motifs is 1. The Hall–Kier alpha value is -1.06. The number of ketones is 1. The first kappa shape index (κ1) is 19.7. The van der Waals surface area contributed by atoms with E-state index in [1.165, 1.54) is 6.92 Å². The molecular formula is C18H28O8. The minimum atomic E-state index is -1.73. The smallest absolute Gasteiger partial charge is 0.346 e. The molecule has 3 aliphatic heterocycles. The Morgan fingerprint density at radius 1 is 0.962 bits per heavy atom. The van der Waals surface area contributed by atoms with Gasteiger partial charge in [-0.25, -0.2) is 4.79 Å². The van der Waals surface area contributed by atoms with Gasteiger partial charge in [-0.2, -0.15) is 0 Å². The molecule has 3 rings (SSSR count). The Morgan fingerprint density at radius 3 is 2.12 bits per heavy atom. The summed E-state index contributed by atoms with van der Waals surface area (Å²) in [5.41, 5.74) is -1.73. The Kier molecular flexibility index (Phi) is 4.94. The average molecular weight is 372 g/mol. The number of carbonyl (C=O) groups is 2. The molecule has 8 nitrogen and oxygen atoms in total. The molecule has 5 atom stereocenters. The number of Topliss-reactive ketones (excluding diaryl/α,β-unsaturated/α-hetero) is 1. The maximum Gasteiger partial charge on any atom is 0.346 e. The van der Waals surface area contributed by atoms with E-state index >= 15 is 0 Å². The van der Waals surface area contributed by atoms with Gasteiger partial charge in [0.1, 0.15) is 18.3 Å². The van der Waals surface area contributed by atoms with E-state index in [0.29, 0.717) is 0 Å². The predicted molar refractivity (Wildman–Crippen MR) is 88.3 cm³/mol. The zero-order valence-corrected chi connectivity index (χ0v) is 16.2. The molecule has 0 aromatic heterocycles. The lowest BCUT2D eigenvalue weighted by Gasteiger charge is -2.43. The standard InChI is InChI=1S/C18H28O8/c1-7-21-15(20)18(10(2)19)8-11-13(25-17(5,6)23-11)14(26-18)12-9-22-16(3,4)24-12/h11-14H,7-9H2,1-6H3/t11-,12-,13-,14-,18-/m1/s1. The van der Waals surface area contributed by atoms with Crippen molar-refractivity contribution >= 4 is 11.8 Å². The lowest BCUT2D eigenvalue weighted by atomic mass is 9.83. The number of rotatable bonds is 4. The summed E-state index contributed by atoms with van der Waals surface area (Å²) < 4.78 is 34.8. The van der Waals surface area contributed by atoms with Crippen LogP contribution < -0.4 is 0 Å². The number of carbonyl (C=O) groups excluding carboxylic acids is 2. The average Bonchev–Trinajstić information content (AvgIpc) is 3.03. The molecular weight excluding hydrogens is 344 g/mol. The maximum absolute atomic E-state index is 12.7. The zero-order chi connectivity index (χ0) is 19.3. The van der Waals surface area contributed by atoms with Crippen LogP contribution in [0.2, 0.25) is 0 Å². The van der Waals surface area contributed by atoms with Crippen molar-refractivity contribution in [3.8, 4) is 0 Å². The predicted octanol–water partition coefficient (Wildman–Crippen LogP) is 1.34. The second-order valence-corrected chi connectivity index (χ2v) is 7.90. The minimum absolute atomic E-state index is 0.0444. The van der Waals surface area contributed by atoms with Crippen molar-refractivity contribution in [2.75, 3.05) is 13.2 Å². The molecule has 0 amide bonds. The van der Waals surface area contributed by atoms with Gasteiger partial charge in [0.05, 0.1) is 19.3 Å². The molecule has 0 spiro atoms. The molecule has 0 unspecified atom stereocenters. The normalized spacial score (nSPS) is 40.8. The second kappa shape index (κ2) is 6.53. The lowest BCUT2D eigenvalue weighted by molar-refractivity contribution is -0.234. The Labute approximate surface area is 153 Å². The molecule has 0 saturated carbocycles. The molecule has 0 N–H and O–H groups in total. The highest BCUT2D eigenvalue weighted by molar-refractivity contribution is 6.06.